The molecule has 0 aliphatic rings. The average Bonchev–Trinajstić information content (AvgIpc) is 2.36. The minimum absolute atomic E-state index is 0.0274. The van der Waals surface area contributed by atoms with Gasteiger partial charge in [0.1, 0.15) is 0 Å². The Morgan fingerprint density at radius 2 is 1.88 bits per heavy atom. The number of carbonyl (C=O) groups is 2. The van der Waals surface area contributed by atoms with E-state index in [2.05, 4.69) is 10.6 Å². The second kappa shape index (κ2) is 6.25. The van der Waals surface area contributed by atoms with Gasteiger partial charge in [0.2, 0.25) is 0 Å². The fourth-order valence-corrected chi connectivity index (χ4v) is 1.07. The molecule has 3 N–H and O–H groups in total. The van der Waals surface area contributed by atoms with E-state index in [0.717, 1.165) is 0 Å². The highest BCUT2D eigenvalue weighted by molar-refractivity contribution is 6.39. The van der Waals surface area contributed by atoms with E-state index in [1.165, 1.54) is 24.3 Å². The molecule has 0 saturated heterocycles. The summed E-state index contributed by atoms with van der Waals surface area (Å²) in [4.78, 5) is 22.4. The van der Waals surface area contributed by atoms with E-state index in [1.54, 1.807) is 0 Å². The van der Waals surface area contributed by atoms with Gasteiger partial charge in [-0.05, 0) is 24.3 Å². The molecule has 2 amide bonds. The van der Waals surface area contributed by atoms with Crippen LogP contribution >= 0.6 is 0 Å². The predicted octanol–water partition coefficient (Wildman–Crippen LogP) is -0.395. The zero-order valence-corrected chi connectivity index (χ0v) is 8.93. The summed E-state index contributed by atoms with van der Waals surface area (Å²) in [6.07, 6.45) is 0. The Bertz CT molecular complexity index is 448. The fourth-order valence-electron chi connectivity index (χ4n) is 1.07. The van der Waals surface area contributed by atoms with Crippen molar-refractivity contribution in [2.24, 2.45) is 0 Å². The molecule has 0 spiro atoms. The van der Waals surface area contributed by atoms with E-state index < -0.39 is 11.8 Å². The van der Waals surface area contributed by atoms with E-state index in [0.29, 0.717) is 11.3 Å². The molecule has 0 saturated carbocycles. The van der Waals surface area contributed by atoms with Gasteiger partial charge in [-0.15, -0.1) is 0 Å². The van der Waals surface area contributed by atoms with Crippen LogP contribution in [-0.4, -0.2) is 30.1 Å². The number of hydrogen-bond acceptors (Lipinski definition) is 4. The lowest BCUT2D eigenvalue weighted by Gasteiger charge is -2.05. The lowest BCUT2D eigenvalue weighted by Crippen LogP contribution is -2.36. The van der Waals surface area contributed by atoms with Gasteiger partial charge in [-0.1, -0.05) is 0 Å². The minimum atomic E-state index is -0.817. The topological polar surface area (TPSA) is 102 Å². The smallest absolute Gasteiger partial charge is 0.313 e. The lowest BCUT2D eigenvalue weighted by atomic mass is 10.2. The standard InChI is InChI=1S/C11H11N3O3/c12-7-8-1-3-9(4-2-8)14-11(17)10(16)13-5-6-15/h1-4,15H,5-6H2,(H,13,16)(H,14,17). The molecule has 6 nitrogen and oxygen atoms in total. The number of aliphatic hydroxyl groups is 1. The van der Waals surface area contributed by atoms with Gasteiger partial charge in [-0.25, -0.2) is 0 Å². The molecular formula is C11H11N3O3. The number of nitrogens with one attached hydrogen (secondary N) is 2. The SMILES string of the molecule is N#Cc1ccc(NC(=O)C(=O)NCCO)cc1. The Kier molecular flexibility index (Phi) is 4.66. The molecule has 6 heteroatoms. The third-order valence-electron chi connectivity index (χ3n) is 1.88. The molecule has 0 aliphatic heterocycles. The number of amides is 2. The molecule has 0 atom stereocenters. The molecule has 0 fully saturated rings. The second-order valence-corrected chi connectivity index (χ2v) is 3.12. The molecule has 1 rings (SSSR count). The van der Waals surface area contributed by atoms with Crippen molar-refractivity contribution >= 4 is 17.5 Å². The van der Waals surface area contributed by atoms with Crippen molar-refractivity contribution in [3.8, 4) is 6.07 Å². The van der Waals surface area contributed by atoms with Crippen molar-refractivity contribution in [2.45, 2.75) is 0 Å². The van der Waals surface area contributed by atoms with E-state index in [9.17, 15) is 9.59 Å². The van der Waals surface area contributed by atoms with Crippen molar-refractivity contribution < 1.29 is 14.7 Å². The number of benzene rings is 1. The van der Waals surface area contributed by atoms with Crippen LogP contribution in [-0.2, 0) is 9.59 Å². The minimum Gasteiger partial charge on any atom is -0.395 e. The highest BCUT2D eigenvalue weighted by Gasteiger charge is 2.12. The summed E-state index contributed by atoms with van der Waals surface area (Å²) in [5.74, 6) is -1.63. The fraction of sp³-hybridized carbons (Fsp3) is 0.182. The number of carbonyl (C=O) groups excluding carboxylic acids is 2. The summed E-state index contributed by atoms with van der Waals surface area (Å²) in [7, 11) is 0. The summed E-state index contributed by atoms with van der Waals surface area (Å²) >= 11 is 0. The summed E-state index contributed by atoms with van der Waals surface area (Å²) in [5, 5.41) is 21.6. The largest absolute Gasteiger partial charge is 0.395 e. The molecule has 88 valence electrons. The normalized spacial score (nSPS) is 9.18. The van der Waals surface area contributed by atoms with Crippen LogP contribution in [0.1, 0.15) is 5.56 Å². The third kappa shape index (κ3) is 3.93. The first-order chi connectivity index (χ1) is 8.17. The van der Waals surface area contributed by atoms with E-state index in [4.69, 9.17) is 10.4 Å². The van der Waals surface area contributed by atoms with Crippen LogP contribution in [0.2, 0.25) is 0 Å². The van der Waals surface area contributed by atoms with Crippen LogP contribution in [0.3, 0.4) is 0 Å². The van der Waals surface area contributed by atoms with Gasteiger partial charge in [0.15, 0.2) is 0 Å². The van der Waals surface area contributed by atoms with Gasteiger partial charge in [-0.2, -0.15) is 5.26 Å². The van der Waals surface area contributed by atoms with Crippen molar-refractivity contribution in [3.63, 3.8) is 0 Å². The van der Waals surface area contributed by atoms with Crippen LogP contribution in [0, 0.1) is 11.3 Å². The van der Waals surface area contributed by atoms with Crippen LogP contribution in [0.15, 0.2) is 24.3 Å². The number of nitrogens with zero attached hydrogens (tertiary/aromatic N) is 1. The number of aliphatic hydroxyl groups excluding tert-OH is 1. The first-order valence-electron chi connectivity index (χ1n) is 4.87. The van der Waals surface area contributed by atoms with Crippen LogP contribution in [0.4, 0.5) is 5.69 Å². The van der Waals surface area contributed by atoms with E-state index in [-0.39, 0.29) is 13.2 Å². The summed E-state index contributed by atoms with van der Waals surface area (Å²) < 4.78 is 0. The highest BCUT2D eigenvalue weighted by atomic mass is 16.3. The maximum atomic E-state index is 11.3. The number of rotatable bonds is 3. The maximum absolute atomic E-state index is 11.3. The number of nitriles is 1. The van der Waals surface area contributed by atoms with Crippen LogP contribution < -0.4 is 10.6 Å². The Morgan fingerprint density at radius 1 is 1.24 bits per heavy atom. The Morgan fingerprint density at radius 3 is 2.41 bits per heavy atom. The predicted molar refractivity (Wildman–Crippen MR) is 59.9 cm³/mol. The lowest BCUT2D eigenvalue weighted by molar-refractivity contribution is -0.136. The monoisotopic (exact) mass is 233 g/mol. The third-order valence-corrected chi connectivity index (χ3v) is 1.88. The Labute approximate surface area is 97.9 Å². The van der Waals surface area contributed by atoms with Crippen LogP contribution in [0.25, 0.3) is 0 Å². The summed E-state index contributed by atoms with van der Waals surface area (Å²) in [6.45, 7) is -0.199. The average molecular weight is 233 g/mol. The van der Waals surface area contributed by atoms with Gasteiger partial charge in [0, 0.05) is 12.2 Å². The molecule has 0 aromatic heterocycles. The Balaban J connectivity index is 2.56. The maximum Gasteiger partial charge on any atom is 0.313 e. The van der Waals surface area contributed by atoms with Gasteiger partial charge < -0.3 is 15.7 Å². The number of anilines is 1. The van der Waals surface area contributed by atoms with Crippen molar-refractivity contribution in [1.82, 2.24) is 5.32 Å². The van der Waals surface area contributed by atoms with Gasteiger partial charge >= 0.3 is 11.8 Å². The van der Waals surface area contributed by atoms with Gasteiger partial charge in [-0.3, -0.25) is 9.59 Å². The molecule has 0 aliphatic carbocycles. The zero-order chi connectivity index (χ0) is 12.7. The van der Waals surface area contributed by atoms with Crippen molar-refractivity contribution in [1.29, 1.82) is 5.26 Å². The van der Waals surface area contributed by atoms with Gasteiger partial charge in [0.05, 0.1) is 18.2 Å². The van der Waals surface area contributed by atoms with Crippen molar-refractivity contribution in [3.05, 3.63) is 29.8 Å². The zero-order valence-electron chi connectivity index (χ0n) is 8.93. The molecular weight excluding hydrogens is 222 g/mol. The number of hydrogen-bond donors (Lipinski definition) is 3. The summed E-state index contributed by atoms with van der Waals surface area (Å²) in [5.41, 5.74) is 0.890. The first-order valence-corrected chi connectivity index (χ1v) is 4.87. The Hall–Kier alpha value is -2.39. The molecule has 0 bridgehead atoms. The first kappa shape index (κ1) is 12.7. The van der Waals surface area contributed by atoms with E-state index in [1.807, 2.05) is 6.07 Å². The quantitative estimate of drug-likeness (QED) is 0.618. The van der Waals surface area contributed by atoms with Crippen molar-refractivity contribution in [2.75, 3.05) is 18.5 Å². The molecule has 0 heterocycles. The molecule has 0 unspecified atom stereocenters. The highest BCUT2D eigenvalue weighted by Crippen LogP contribution is 2.08. The van der Waals surface area contributed by atoms with E-state index >= 15 is 0 Å². The molecule has 0 radical (unpaired) electrons. The second-order valence-electron chi connectivity index (χ2n) is 3.12. The molecule has 1 aromatic rings. The van der Waals surface area contributed by atoms with Gasteiger partial charge in [0.25, 0.3) is 0 Å². The summed E-state index contributed by atoms with van der Waals surface area (Å²) in [6, 6.07) is 8.04. The molecule has 1 aromatic carbocycles. The van der Waals surface area contributed by atoms with Crippen LogP contribution in [0.5, 0.6) is 0 Å². The molecule has 17 heavy (non-hydrogen) atoms.